The lowest BCUT2D eigenvalue weighted by atomic mass is 10.0. The maximum absolute atomic E-state index is 10.7. The monoisotopic (exact) mass is 191 g/mol. The summed E-state index contributed by atoms with van der Waals surface area (Å²) in [5, 5.41) is 0. The fraction of sp³-hybridized carbons (Fsp3) is 0.750. The van der Waals surface area contributed by atoms with Gasteiger partial charge in [0.2, 0.25) is 10.0 Å². The fourth-order valence-electron chi connectivity index (χ4n) is 0.664. The highest BCUT2D eigenvalue weighted by atomic mass is 32.2. The summed E-state index contributed by atoms with van der Waals surface area (Å²) in [6, 6.07) is 0. The van der Waals surface area contributed by atoms with Gasteiger partial charge in [0.25, 0.3) is 0 Å². The molecule has 0 saturated carbocycles. The molecule has 4 heteroatoms. The molecule has 0 aromatic rings. The second kappa shape index (κ2) is 4.50. The van der Waals surface area contributed by atoms with Crippen LogP contribution >= 0.6 is 0 Å². The molecule has 3 nitrogen and oxygen atoms in total. The Bertz CT molecular complexity index is 254. The molecule has 0 bridgehead atoms. The zero-order chi connectivity index (χ0) is 9.78. The van der Waals surface area contributed by atoms with Gasteiger partial charge in [0.05, 0.1) is 6.26 Å². The van der Waals surface area contributed by atoms with Gasteiger partial charge in [-0.3, -0.25) is 4.72 Å². The van der Waals surface area contributed by atoms with Crippen LogP contribution in [0.1, 0.15) is 27.2 Å². The van der Waals surface area contributed by atoms with E-state index in [0.717, 1.165) is 18.2 Å². The number of sulfonamides is 1. The number of allylic oxidation sites excluding steroid dienone is 1. The molecule has 12 heavy (non-hydrogen) atoms. The normalized spacial score (nSPS) is 15.8. The molecule has 0 rings (SSSR count). The van der Waals surface area contributed by atoms with Crippen molar-refractivity contribution in [3.63, 3.8) is 0 Å². The highest BCUT2D eigenvalue weighted by Crippen LogP contribution is 2.11. The van der Waals surface area contributed by atoms with E-state index in [4.69, 9.17) is 0 Å². The van der Waals surface area contributed by atoms with Gasteiger partial charge in [-0.2, -0.15) is 0 Å². The van der Waals surface area contributed by atoms with Crippen molar-refractivity contribution in [2.45, 2.75) is 27.2 Å². The minimum Gasteiger partial charge on any atom is -0.291 e. The predicted octanol–water partition coefficient (Wildman–Crippen LogP) is 1.49. The number of rotatable bonds is 4. The second-order valence-electron chi connectivity index (χ2n) is 3.09. The van der Waals surface area contributed by atoms with Crippen molar-refractivity contribution in [1.82, 2.24) is 4.72 Å². The number of nitrogens with one attached hydrogen (secondary N) is 1. The van der Waals surface area contributed by atoms with Gasteiger partial charge in [0, 0.05) is 6.20 Å². The topological polar surface area (TPSA) is 46.2 Å². The maximum Gasteiger partial charge on any atom is 0.229 e. The average molecular weight is 191 g/mol. The number of hydrogen-bond acceptors (Lipinski definition) is 2. The Kier molecular flexibility index (Phi) is 4.31. The maximum atomic E-state index is 10.7. The Balaban J connectivity index is 4.20. The van der Waals surface area contributed by atoms with Crippen LogP contribution in [0.4, 0.5) is 0 Å². The van der Waals surface area contributed by atoms with Gasteiger partial charge in [-0.15, -0.1) is 0 Å². The molecule has 0 heterocycles. The predicted molar refractivity (Wildman–Crippen MR) is 51.2 cm³/mol. The van der Waals surface area contributed by atoms with Crippen LogP contribution in [0, 0.1) is 5.92 Å². The zero-order valence-corrected chi connectivity index (χ0v) is 8.90. The van der Waals surface area contributed by atoms with E-state index in [1.807, 2.05) is 6.92 Å². The molecule has 0 aliphatic heterocycles. The van der Waals surface area contributed by atoms with Crippen LogP contribution in [-0.4, -0.2) is 14.7 Å². The first-order chi connectivity index (χ1) is 5.37. The Morgan fingerprint density at radius 2 is 2.08 bits per heavy atom. The lowest BCUT2D eigenvalue weighted by Gasteiger charge is -2.08. The van der Waals surface area contributed by atoms with Crippen molar-refractivity contribution < 1.29 is 8.42 Å². The molecule has 0 aliphatic rings. The summed E-state index contributed by atoms with van der Waals surface area (Å²) in [6.45, 7) is 6.06. The van der Waals surface area contributed by atoms with Gasteiger partial charge in [0.1, 0.15) is 0 Å². The Morgan fingerprint density at radius 3 is 2.42 bits per heavy atom. The fourth-order valence-corrected chi connectivity index (χ4v) is 1.06. The standard InChI is InChI=1S/C8H17NO2S/c1-5-7(2)8(3)6-9-12(4,10)11/h6-7,9H,5H2,1-4H3/b8-6+. The number of hydrogen-bond donors (Lipinski definition) is 1. The van der Waals surface area contributed by atoms with E-state index < -0.39 is 10.0 Å². The molecule has 0 aromatic heterocycles. The van der Waals surface area contributed by atoms with E-state index in [1.54, 1.807) is 6.20 Å². The lowest BCUT2D eigenvalue weighted by molar-refractivity contribution is 0.594. The summed E-state index contributed by atoms with van der Waals surface area (Å²) in [5.74, 6) is 0.430. The van der Waals surface area contributed by atoms with Gasteiger partial charge >= 0.3 is 0 Å². The highest BCUT2D eigenvalue weighted by Gasteiger charge is 2.01. The summed E-state index contributed by atoms with van der Waals surface area (Å²) < 4.78 is 23.7. The molecule has 1 unspecified atom stereocenters. The summed E-state index contributed by atoms with van der Waals surface area (Å²) >= 11 is 0. The van der Waals surface area contributed by atoms with Gasteiger partial charge < -0.3 is 0 Å². The van der Waals surface area contributed by atoms with Crippen molar-refractivity contribution in [1.29, 1.82) is 0 Å². The van der Waals surface area contributed by atoms with E-state index in [2.05, 4.69) is 18.6 Å². The SMILES string of the molecule is CCC(C)/C(C)=C/NS(C)(=O)=O. The molecule has 1 atom stereocenters. The van der Waals surface area contributed by atoms with Crippen molar-refractivity contribution >= 4 is 10.0 Å². The molecule has 0 spiro atoms. The zero-order valence-electron chi connectivity index (χ0n) is 8.09. The molecule has 72 valence electrons. The van der Waals surface area contributed by atoms with Crippen LogP contribution < -0.4 is 4.72 Å². The highest BCUT2D eigenvalue weighted by molar-refractivity contribution is 7.88. The third-order valence-corrected chi connectivity index (χ3v) is 2.44. The van der Waals surface area contributed by atoms with E-state index in [0.29, 0.717) is 5.92 Å². The molecular weight excluding hydrogens is 174 g/mol. The lowest BCUT2D eigenvalue weighted by Crippen LogP contribution is -2.16. The van der Waals surface area contributed by atoms with Crippen LogP contribution in [0.5, 0.6) is 0 Å². The molecule has 1 N–H and O–H groups in total. The molecule has 0 fully saturated rings. The quantitative estimate of drug-likeness (QED) is 0.731. The van der Waals surface area contributed by atoms with E-state index in [-0.39, 0.29) is 0 Å². The van der Waals surface area contributed by atoms with Gasteiger partial charge in [-0.1, -0.05) is 19.4 Å². The van der Waals surface area contributed by atoms with Gasteiger partial charge in [-0.25, -0.2) is 8.42 Å². The third kappa shape index (κ3) is 5.18. The summed E-state index contributed by atoms with van der Waals surface area (Å²) in [4.78, 5) is 0. The summed E-state index contributed by atoms with van der Waals surface area (Å²) in [6.07, 6.45) is 3.73. The summed E-state index contributed by atoms with van der Waals surface area (Å²) in [5.41, 5.74) is 1.06. The van der Waals surface area contributed by atoms with Gasteiger partial charge in [0.15, 0.2) is 0 Å². The minimum absolute atomic E-state index is 0.430. The molecule has 0 radical (unpaired) electrons. The third-order valence-electron chi connectivity index (χ3n) is 1.89. The second-order valence-corrected chi connectivity index (χ2v) is 4.87. The minimum atomic E-state index is -3.09. The smallest absolute Gasteiger partial charge is 0.229 e. The van der Waals surface area contributed by atoms with Crippen LogP contribution in [0.3, 0.4) is 0 Å². The van der Waals surface area contributed by atoms with E-state index in [1.165, 1.54) is 0 Å². The van der Waals surface area contributed by atoms with E-state index >= 15 is 0 Å². The van der Waals surface area contributed by atoms with Crippen molar-refractivity contribution in [2.24, 2.45) is 5.92 Å². The van der Waals surface area contributed by atoms with Crippen molar-refractivity contribution in [3.8, 4) is 0 Å². The van der Waals surface area contributed by atoms with Crippen molar-refractivity contribution in [3.05, 3.63) is 11.8 Å². The Labute approximate surface area is 74.9 Å². The van der Waals surface area contributed by atoms with E-state index in [9.17, 15) is 8.42 Å². The van der Waals surface area contributed by atoms with Crippen LogP contribution in [0.2, 0.25) is 0 Å². The molecule has 0 aliphatic carbocycles. The molecular formula is C8H17NO2S. The first kappa shape index (κ1) is 11.5. The van der Waals surface area contributed by atoms with Crippen LogP contribution in [-0.2, 0) is 10.0 Å². The van der Waals surface area contributed by atoms with Crippen LogP contribution in [0.25, 0.3) is 0 Å². The summed E-state index contributed by atoms with van der Waals surface area (Å²) in [7, 11) is -3.09. The van der Waals surface area contributed by atoms with Crippen LogP contribution in [0.15, 0.2) is 11.8 Å². The average Bonchev–Trinajstić information content (AvgIpc) is 1.97. The molecule has 0 amide bonds. The first-order valence-electron chi connectivity index (χ1n) is 4.00. The van der Waals surface area contributed by atoms with Crippen molar-refractivity contribution in [2.75, 3.05) is 6.26 Å². The molecule has 0 saturated heterocycles. The Morgan fingerprint density at radius 1 is 1.58 bits per heavy atom. The Hall–Kier alpha value is -0.510. The largest absolute Gasteiger partial charge is 0.291 e. The van der Waals surface area contributed by atoms with Gasteiger partial charge in [-0.05, 0) is 19.3 Å². The first-order valence-corrected chi connectivity index (χ1v) is 5.90. The molecule has 0 aromatic carbocycles.